The zero-order valence-corrected chi connectivity index (χ0v) is 15.4. The summed E-state index contributed by atoms with van der Waals surface area (Å²) in [5.41, 5.74) is 0. The molecule has 10 atom stereocenters. The molecular formula is C13H24O14S. The Kier molecular flexibility index (Phi) is 8.07. The fraction of sp³-hybridized carbons (Fsp3) is 1.00. The molecule has 0 aromatic heterocycles. The van der Waals surface area contributed by atoms with Crippen molar-refractivity contribution in [3.63, 3.8) is 0 Å². The highest BCUT2D eigenvalue weighted by molar-refractivity contribution is 7.80. The molecule has 2 fully saturated rings. The van der Waals surface area contributed by atoms with Crippen molar-refractivity contribution in [3.05, 3.63) is 0 Å². The van der Waals surface area contributed by atoms with E-state index in [1.807, 2.05) is 0 Å². The van der Waals surface area contributed by atoms with Gasteiger partial charge in [-0.15, -0.1) is 0 Å². The molecule has 15 heteroatoms. The van der Waals surface area contributed by atoms with E-state index in [-0.39, 0.29) is 0 Å². The van der Waals surface area contributed by atoms with E-state index in [9.17, 15) is 39.1 Å². The van der Waals surface area contributed by atoms with Crippen LogP contribution in [0.3, 0.4) is 0 Å². The molecule has 2 aliphatic heterocycles. The molecule has 0 spiro atoms. The number of ether oxygens (including phenoxy) is 4. The topological polar surface area (TPSA) is 222 Å². The van der Waals surface area contributed by atoms with Crippen LogP contribution in [-0.4, -0.2) is 125 Å². The van der Waals surface area contributed by atoms with Gasteiger partial charge in [0.2, 0.25) is 0 Å². The SMILES string of the molecule is COC1C(O)C(CO)OC(OC2OC(CO)C(O)C(O)C2OS(=O)(=O)O)C1O. The van der Waals surface area contributed by atoms with Gasteiger partial charge in [-0.1, -0.05) is 0 Å². The third-order valence-electron chi connectivity index (χ3n) is 4.42. The Morgan fingerprint density at radius 1 is 0.821 bits per heavy atom. The minimum absolute atomic E-state index is 0.690. The third-order valence-corrected chi connectivity index (χ3v) is 4.88. The van der Waals surface area contributed by atoms with Gasteiger partial charge in [-0.3, -0.25) is 4.55 Å². The maximum Gasteiger partial charge on any atom is 0.397 e. The van der Waals surface area contributed by atoms with Gasteiger partial charge in [0.05, 0.1) is 13.2 Å². The Morgan fingerprint density at radius 3 is 1.86 bits per heavy atom. The summed E-state index contributed by atoms with van der Waals surface area (Å²) >= 11 is 0. The highest BCUT2D eigenvalue weighted by Crippen LogP contribution is 2.30. The van der Waals surface area contributed by atoms with Gasteiger partial charge in [-0.2, -0.15) is 8.42 Å². The Bertz CT molecular complexity index is 600. The first-order valence-corrected chi connectivity index (χ1v) is 9.49. The average molecular weight is 436 g/mol. The summed E-state index contributed by atoms with van der Waals surface area (Å²) in [7, 11) is -3.97. The van der Waals surface area contributed by atoms with E-state index < -0.39 is 85.0 Å². The van der Waals surface area contributed by atoms with Crippen molar-refractivity contribution in [1.29, 1.82) is 0 Å². The van der Waals surface area contributed by atoms with Gasteiger partial charge in [0.15, 0.2) is 18.7 Å². The first-order valence-electron chi connectivity index (χ1n) is 8.12. The molecule has 0 radical (unpaired) electrons. The molecule has 0 bridgehead atoms. The molecule has 0 saturated carbocycles. The first-order chi connectivity index (χ1) is 13.0. The van der Waals surface area contributed by atoms with Gasteiger partial charge in [-0.25, -0.2) is 4.18 Å². The summed E-state index contributed by atoms with van der Waals surface area (Å²) in [6.07, 6.45) is -16.4. The van der Waals surface area contributed by atoms with Crippen molar-refractivity contribution in [2.24, 2.45) is 0 Å². The number of hydrogen-bond donors (Lipinski definition) is 7. The standard InChI is InChI=1S/C13H24O14S/c1-23-10-7(17)5(3-15)24-12(9(10)19)26-13-11(27-28(20,21)22)8(18)6(16)4(2-14)25-13/h4-19H,2-3H2,1H3,(H,20,21,22). The highest BCUT2D eigenvalue weighted by atomic mass is 32.3. The molecular weight excluding hydrogens is 412 g/mol. The Hall–Kier alpha value is -0.530. The second-order valence-electron chi connectivity index (χ2n) is 6.24. The molecule has 2 rings (SSSR count). The minimum atomic E-state index is -5.13. The average Bonchev–Trinajstić information content (AvgIpc) is 2.62. The summed E-state index contributed by atoms with van der Waals surface area (Å²) in [4.78, 5) is 0. The zero-order chi connectivity index (χ0) is 21.2. The van der Waals surface area contributed by atoms with Crippen LogP contribution in [0.2, 0.25) is 0 Å². The summed E-state index contributed by atoms with van der Waals surface area (Å²) in [6.45, 7) is -1.49. The lowest BCUT2D eigenvalue weighted by molar-refractivity contribution is -0.375. The predicted octanol–water partition coefficient (Wildman–Crippen LogP) is -4.92. The van der Waals surface area contributed by atoms with Crippen LogP contribution in [0.25, 0.3) is 0 Å². The van der Waals surface area contributed by atoms with Crippen LogP contribution in [0, 0.1) is 0 Å². The van der Waals surface area contributed by atoms with Gasteiger partial charge in [0.1, 0.15) is 42.7 Å². The molecule has 7 N–H and O–H groups in total. The smallest absolute Gasteiger partial charge is 0.394 e. The molecule has 14 nitrogen and oxygen atoms in total. The molecule has 28 heavy (non-hydrogen) atoms. The summed E-state index contributed by atoms with van der Waals surface area (Å²) in [6, 6.07) is 0. The quantitative estimate of drug-likeness (QED) is 0.186. The first kappa shape index (κ1) is 23.7. The molecule has 0 aliphatic carbocycles. The van der Waals surface area contributed by atoms with Gasteiger partial charge >= 0.3 is 10.4 Å². The Labute approximate surface area is 159 Å². The van der Waals surface area contributed by atoms with E-state index in [0.717, 1.165) is 7.11 Å². The van der Waals surface area contributed by atoms with Crippen LogP contribution in [0.4, 0.5) is 0 Å². The Morgan fingerprint density at radius 2 is 1.36 bits per heavy atom. The van der Waals surface area contributed by atoms with Gasteiger partial charge in [0.25, 0.3) is 0 Å². The van der Waals surface area contributed by atoms with Crippen molar-refractivity contribution in [2.75, 3.05) is 20.3 Å². The number of rotatable bonds is 7. The van der Waals surface area contributed by atoms with E-state index in [4.69, 9.17) is 23.5 Å². The largest absolute Gasteiger partial charge is 0.397 e. The molecule has 10 unspecified atom stereocenters. The van der Waals surface area contributed by atoms with Crippen LogP contribution in [0.15, 0.2) is 0 Å². The van der Waals surface area contributed by atoms with Crippen molar-refractivity contribution < 1.29 is 66.7 Å². The monoisotopic (exact) mass is 436 g/mol. The second-order valence-corrected chi connectivity index (χ2v) is 7.29. The van der Waals surface area contributed by atoms with E-state index in [1.165, 1.54) is 0 Å². The van der Waals surface area contributed by atoms with Crippen LogP contribution in [0.5, 0.6) is 0 Å². The molecule has 0 amide bonds. The molecule has 2 saturated heterocycles. The molecule has 0 aromatic rings. The van der Waals surface area contributed by atoms with Crippen LogP contribution >= 0.6 is 0 Å². The Balaban J connectivity index is 2.25. The fourth-order valence-corrected chi connectivity index (χ4v) is 3.47. The molecule has 2 aliphatic rings. The highest BCUT2D eigenvalue weighted by Gasteiger charge is 2.52. The lowest BCUT2D eigenvalue weighted by Crippen LogP contribution is -2.64. The fourth-order valence-electron chi connectivity index (χ4n) is 2.99. The predicted molar refractivity (Wildman–Crippen MR) is 83.8 cm³/mol. The number of aliphatic hydroxyl groups is 6. The summed E-state index contributed by atoms with van der Waals surface area (Å²) in [5, 5.41) is 58.7. The van der Waals surface area contributed by atoms with E-state index in [2.05, 4.69) is 4.18 Å². The number of methoxy groups -OCH3 is 1. The van der Waals surface area contributed by atoms with Gasteiger partial charge in [0, 0.05) is 7.11 Å². The second kappa shape index (κ2) is 9.52. The van der Waals surface area contributed by atoms with Gasteiger partial charge in [-0.05, 0) is 0 Å². The van der Waals surface area contributed by atoms with Crippen molar-refractivity contribution in [1.82, 2.24) is 0 Å². The van der Waals surface area contributed by atoms with E-state index >= 15 is 0 Å². The van der Waals surface area contributed by atoms with Crippen LogP contribution in [-0.2, 0) is 33.5 Å². The normalized spacial score (nSPS) is 45.1. The third kappa shape index (κ3) is 5.14. The van der Waals surface area contributed by atoms with Crippen molar-refractivity contribution in [2.45, 2.75) is 61.4 Å². The lowest BCUT2D eigenvalue weighted by atomic mass is 9.98. The number of hydrogen-bond acceptors (Lipinski definition) is 13. The van der Waals surface area contributed by atoms with Crippen LogP contribution < -0.4 is 0 Å². The number of aliphatic hydroxyl groups excluding tert-OH is 6. The maximum absolute atomic E-state index is 11.1. The van der Waals surface area contributed by atoms with Crippen molar-refractivity contribution in [3.8, 4) is 0 Å². The zero-order valence-electron chi connectivity index (χ0n) is 14.6. The van der Waals surface area contributed by atoms with Crippen molar-refractivity contribution >= 4 is 10.4 Å². The van der Waals surface area contributed by atoms with Crippen LogP contribution in [0.1, 0.15) is 0 Å². The van der Waals surface area contributed by atoms with E-state index in [1.54, 1.807) is 0 Å². The minimum Gasteiger partial charge on any atom is -0.394 e. The summed E-state index contributed by atoms with van der Waals surface area (Å²) < 4.78 is 55.9. The summed E-state index contributed by atoms with van der Waals surface area (Å²) in [5.74, 6) is 0. The van der Waals surface area contributed by atoms with Gasteiger partial charge < -0.3 is 49.6 Å². The lowest BCUT2D eigenvalue weighted by Gasteiger charge is -2.45. The maximum atomic E-state index is 11.1. The van der Waals surface area contributed by atoms with E-state index in [0.29, 0.717) is 0 Å². The molecule has 166 valence electrons. The molecule has 0 aromatic carbocycles. The molecule has 2 heterocycles.